The molecule has 26 heavy (non-hydrogen) atoms. The molecule has 0 unspecified atom stereocenters. The molecular weight excluding hydrogens is 328 g/mol. The zero-order valence-electron chi connectivity index (χ0n) is 13.7. The van der Waals surface area contributed by atoms with Crippen LogP contribution in [-0.2, 0) is 6.54 Å². The summed E-state index contributed by atoms with van der Waals surface area (Å²) in [5.41, 5.74) is 2.95. The molecule has 126 valence electrons. The van der Waals surface area contributed by atoms with Crippen LogP contribution in [0.5, 0.6) is 0 Å². The Morgan fingerprint density at radius 1 is 0.962 bits per heavy atom. The fraction of sp³-hybridized carbons (Fsp3) is 0.0500. The largest absolute Gasteiger partial charge is 0.459 e. The van der Waals surface area contributed by atoms with E-state index < -0.39 is 0 Å². The van der Waals surface area contributed by atoms with E-state index in [-0.39, 0.29) is 11.7 Å². The number of carbonyl (C=O) groups is 1. The molecule has 2 N–H and O–H groups in total. The SMILES string of the molecule is N#Cc1cccc(C#N)c1NCc1ccc(NC(=O)c2ccco2)cc1. The number of hydrogen-bond acceptors (Lipinski definition) is 5. The number of benzene rings is 2. The number of amides is 1. The lowest BCUT2D eigenvalue weighted by Gasteiger charge is -2.10. The fourth-order valence-electron chi connectivity index (χ4n) is 2.43. The van der Waals surface area contributed by atoms with Crippen LogP contribution in [0.15, 0.2) is 65.3 Å². The Morgan fingerprint density at radius 2 is 1.65 bits per heavy atom. The molecule has 1 aromatic heterocycles. The average molecular weight is 342 g/mol. The maximum absolute atomic E-state index is 11.9. The van der Waals surface area contributed by atoms with Gasteiger partial charge in [0.25, 0.3) is 5.91 Å². The van der Waals surface area contributed by atoms with Crippen molar-refractivity contribution in [3.63, 3.8) is 0 Å². The van der Waals surface area contributed by atoms with Gasteiger partial charge < -0.3 is 15.1 Å². The van der Waals surface area contributed by atoms with Crippen molar-refractivity contribution in [1.29, 1.82) is 10.5 Å². The molecular formula is C20H14N4O2. The molecule has 0 bridgehead atoms. The van der Waals surface area contributed by atoms with Crippen LogP contribution in [0.2, 0.25) is 0 Å². The first-order valence-corrected chi connectivity index (χ1v) is 7.82. The van der Waals surface area contributed by atoms with Gasteiger partial charge >= 0.3 is 0 Å². The van der Waals surface area contributed by atoms with Gasteiger partial charge in [-0.15, -0.1) is 0 Å². The van der Waals surface area contributed by atoms with Crippen molar-refractivity contribution < 1.29 is 9.21 Å². The highest BCUT2D eigenvalue weighted by Gasteiger charge is 2.09. The minimum atomic E-state index is -0.317. The molecule has 0 saturated carbocycles. The lowest BCUT2D eigenvalue weighted by atomic mass is 10.1. The van der Waals surface area contributed by atoms with Gasteiger partial charge in [-0.3, -0.25) is 4.79 Å². The molecule has 0 aliphatic heterocycles. The topological polar surface area (TPSA) is 102 Å². The summed E-state index contributed by atoms with van der Waals surface area (Å²) in [5.74, 6) is -0.0737. The maximum Gasteiger partial charge on any atom is 0.291 e. The summed E-state index contributed by atoms with van der Waals surface area (Å²) in [7, 11) is 0. The van der Waals surface area contributed by atoms with E-state index in [4.69, 9.17) is 4.42 Å². The first kappa shape index (κ1) is 16.8. The van der Waals surface area contributed by atoms with E-state index in [1.807, 2.05) is 12.1 Å². The van der Waals surface area contributed by atoms with Crippen LogP contribution in [0, 0.1) is 22.7 Å². The molecule has 0 aliphatic carbocycles. The summed E-state index contributed by atoms with van der Waals surface area (Å²) in [4.78, 5) is 11.9. The zero-order valence-corrected chi connectivity index (χ0v) is 13.7. The van der Waals surface area contributed by atoms with Gasteiger partial charge in [0.1, 0.15) is 12.1 Å². The van der Waals surface area contributed by atoms with Gasteiger partial charge in [-0.05, 0) is 42.0 Å². The third-order valence-corrected chi connectivity index (χ3v) is 3.73. The van der Waals surface area contributed by atoms with E-state index in [1.165, 1.54) is 6.26 Å². The monoisotopic (exact) mass is 342 g/mol. The van der Waals surface area contributed by atoms with E-state index >= 15 is 0 Å². The summed E-state index contributed by atoms with van der Waals surface area (Å²) in [6.07, 6.45) is 1.44. The first-order chi connectivity index (χ1) is 12.7. The number of hydrogen-bond donors (Lipinski definition) is 2. The highest BCUT2D eigenvalue weighted by atomic mass is 16.3. The number of nitriles is 2. The number of anilines is 2. The highest BCUT2D eigenvalue weighted by Crippen LogP contribution is 2.21. The average Bonchev–Trinajstić information content (AvgIpc) is 3.22. The Hall–Kier alpha value is -4.03. The molecule has 3 rings (SSSR count). The van der Waals surface area contributed by atoms with E-state index in [0.717, 1.165) is 5.56 Å². The molecule has 1 heterocycles. The number of nitrogens with one attached hydrogen (secondary N) is 2. The van der Waals surface area contributed by atoms with Crippen molar-refractivity contribution in [2.45, 2.75) is 6.54 Å². The predicted molar refractivity (Wildman–Crippen MR) is 96.3 cm³/mol. The summed E-state index contributed by atoms with van der Waals surface area (Å²) in [6, 6.07) is 19.7. The minimum absolute atomic E-state index is 0.243. The molecule has 6 heteroatoms. The van der Waals surface area contributed by atoms with E-state index in [2.05, 4.69) is 22.8 Å². The number of rotatable bonds is 5. The Labute approximate surface area is 150 Å². The fourth-order valence-corrected chi connectivity index (χ4v) is 2.43. The molecule has 0 atom stereocenters. The Morgan fingerprint density at radius 3 is 2.23 bits per heavy atom. The van der Waals surface area contributed by atoms with Crippen LogP contribution in [0.4, 0.5) is 11.4 Å². The number of para-hydroxylation sites is 1. The van der Waals surface area contributed by atoms with Gasteiger partial charge in [-0.1, -0.05) is 18.2 Å². The minimum Gasteiger partial charge on any atom is -0.459 e. The van der Waals surface area contributed by atoms with Crippen molar-refractivity contribution >= 4 is 17.3 Å². The molecule has 6 nitrogen and oxygen atoms in total. The van der Waals surface area contributed by atoms with Crippen LogP contribution in [-0.4, -0.2) is 5.91 Å². The van der Waals surface area contributed by atoms with Gasteiger partial charge in [-0.25, -0.2) is 0 Å². The van der Waals surface area contributed by atoms with Gasteiger partial charge in [0.05, 0.1) is 23.1 Å². The molecule has 1 amide bonds. The second-order valence-corrected chi connectivity index (χ2v) is 5.43. The zero-order chi connectivity index (χ0) is 18.4. The molecule has 0 aliphatic rings. The molecule has 0 spiro atoms. The summed E-state index contributed by atoms with van der Waals surface area (Å²) in [6.45, 7) is 0.444. The highest BCUT2D eigenvalue weighted by molar-refractivity contribution is 6.02. The predicted octanol–water partition coefficient (Wildman–Crippen LogP) is 3.89. The molecule has 2 aromatic carbocycles. The van der Waals surface area contributed by atoms with Gasteiger partial charge in [0, 0.05) is 12.2 Å². The molecule has 0 saturated heterocycles. The van der Waals surface area contributed by atoms with E-state index in [1.54, 1.807) is 42.5 Å². The van der Waals surface area contributed by atoms with E-state index in [9.17, 15) is 15.3 Å². The quantitative estimate of drug-likeness (QED) is 0.732. The molecule has 3 aromatic rings. The smallest absolute Gasteiger partial charge is 0.291 e. The van der Waals surface area contributed by atoms with Crippen molar-refractivity contribution in [1.82, 2.24) is 0 Å². The summed E-state index contributed by atoms with van der Waals surface area (Å²) >= 11 is 0. The Bertz CT molecular complexity index is 962. The van der Waals surface area contributed by atoms with Crippen molar-refractivity contribution in [3.8, 4) is 12.1 Å². The molecule has 0 fully saturated rings. The van der Waals surface area contributed by atoms with Crippen LogP contribution >= 0.6 is 0 Å². The summed E-state index contributed by atoms with van der Waals surface area (Å²) < 4.78 is 5.05. The van der Waals surface area contributed by atoms with Crippen LogP contribution in [0.25, 0.3) is 0 Å². The third kappa shape index (κ3) is 3.72. The van der Waals surface area contributed by atoms with Crippen LogP contribution in [0.3, 0.4) is 0 Å². The van der Waals surface area contributed by atoms with Crippen molar-refractivity contribution in [2.24, 2.45) is 0 Å². The Kier molecular flexibility index (Phi) is 4.98. The number of nitrogens with zero attached hydrogens (tertiary/aromatic N) is 2. The lowest BCUT2D eigenvalue weighted by molar-refractivity contribution is 0.0996. The standard InChI is InChI=1S/C20H14N4O2/c21-11-15-3-1-4-16(12-22)19(15)23-13-14-6-8-17(9-7-14)24-20(25)18-5-2-10-26-18/h1-10,23H,13H2,(H,24,25). The van der Waals surface area contributed by atoms with Crippen molar-refractivity contribution in [2.75, 3.05) is 10.6 Å². The van der Waals surface area contributed by atoms with Gasteiger partial charge in [0.2, 0.25) is 0 Å². The second-order valence-electron chi connectivity index (χ2n) is 5.43. The third-order valence-electron chi connectivity index (χ3n) is 3.73. The summed E-state index contributed by atoms with van der Waals surface area (Å²) in [5, 5.41) is 24.3. The number of furan rings is 1. The van der Waals surface area contributed by atoms with Gasteiger partial charge in [0.15, 0.2) is 5.76 Å². The van der Waals surface area contributed by atoms with Crippen LogP contribution in [0.1, 0.15) is 27.2 Å². The number of carbonyl (C=O) groups excluding carboxylic acids is 1. The van der Waals surface area contributed by atoms with E-state index in [0.29, 0.717) is 29.0 Å². The maximum atomic E-state index is 11.9. The van der Waals surface area contributed by atoms with Crippen LogP contribution < -0.4 is 10.6 Å². The lowest BCUT2D eigenvalue weighted by Crippen LogP contribution is -2.10. The second kappa shape index (κ2) is 7.69. The van der Waals surface area contributed by atoms with Crippen molar-refractivity contribution in [3.05, 3.63) is 83.3 Å². The Balaban J connectivity index is 1.67. The van der Waals surface area contributed by atoms with Gasteiger partial charge in [-0.2, -0.15) is 10.5 Å². The first-order valence-electron chi connectivity index (χ1n) is 7.82. The normalized spacial score (nSPS) is 9.77. The molecule has 0 radical (unpaired) electrons.